The third-order valence-electron chi connectivity index (χ3n) is 2.34. The molecule has 0 saturated heterocycles. The molecule has 0 amide bonds. The summed E-state index contributed by atoms with van der Waals surface area (Å²) in [5.74, 6) is -0.488. The van der Waals surface area contributed by atoms with E-state index in [0.717, 1.165) is 0 Å². The highest BCUT2D eigenvalue weighted by atomic mass is 16.4. The Morgan fingerprint density at radius 3 is 2.69 bits per heavy atom. The second kappa shape index (κ2) is 3.52. The van der Waals surface area contributed by atoms with Crippen LogP contribution in [0.25, 0.3) is 11.0 Å². The average Bonchev–Trinajstić information content (AvgIpc) is 2.55. The molecule has 2 rings (SSSR count). The molecule has 0 unspecified atom stereocenters. The number of carboxylic acids is 1. The van der Waals surface area contributed by atoms with Crippen molar-refractivity contribution in [2.75, 3.05) is 0 Å². The van der Waals surface area contributed by atoms with Crippen molar-refractivity contribution in [2.45, 2.75) is 20.3 Å². The minimum absolute atomic E-state index is 0.00921. The maximum Gasteiger partial charge on any atom is 0.348 e. The summed E-state index contributed by atoms with van der Waals surface area (Å²) in [5.41, 5.74) is -0.495. The molecule has 0 aliphatic rings. The van der Waals surface area contributed by atoms with Crippen molar-refractivity contribution >= 4 is 16.9 Å². The first-order valence-corrected chi connectivity index (χ1v) is 4.84. The largest absolute Gasteiger partial charge is 0.478 e. The van der Waals surface area contributed by atoms with Crippen molar-refractivity contribution in [3.63, 3.8) is 0 Å². The number of hydrogen-bond donors (Lipinski definition) is 1. The van der Waals surface area contributed by atoms with Crippen LogP contribution in [0.1, 0.15) is 28.8 Å². The number of aromatic carboxylic acids is 1. The van der Waals surface area contributed by atoms with Gasteiger partial charge in [-0.25, -0.2) is 9.59 Å². The molecule has 0 aliphatic carbocycles. The Bertz CT molecular complexity index is 617. The lowest BCUT2D eigenvalue weighted by Crippen LogP contribution is -2.06. The van der Waals surface area contributed by atoms with Gasteiger partial charge in [-0.2, -0.15) is 0 Å². The Kier molecular flexibility index (Phi) is 2.30. The lowest BCUT2D eigenvalue weighted by atomic mass is 10.1. The van der Waals surface area contributed by atoms with Crippen LogP contribution in [0.5, 0.6) is 0 Å². The third-order valence-corrected chi connectivity index (χ3v) is 2.34. The Balaban J connectivity index is 2.96. The molecule has 0 aliphatic heterocycles. The van der Waals surface area contributed by atoms with Crippen LogP contribution in [-0.2, 0) is 6.42 Å². The highest BCUT2D eigenvalue weighted by molar-refractivity contribution is 6.03. The Hall–Kier alpha value is -2.04. The van der Waals surface area contributed by atoms with Crippen LogP contribution in [0.4, 0.5) is 0 Å². The lowest BCUT2D eigenvalue weighted by molar-refractivity contribution is 0.0696. The van der Waals surface area contributed by atoms with Crippen LogP contribution in [0.2, 0.25) is 0 Å². The molecule has 0 fully saturated rings. The summed E-state index contributed by atoms with van der Waals surface area (Å²) >= 11 is 0. The second-order valence-electron chi connectivity index (χ2n) is 3.44. The van der Waals surface area contributed by atoms with E-state index in [0.29, 0.717) is 17.9 Å². The summed E-state index contributed by atoms with van der Waals surface area (Å²) < 4.78 is 10.2. The van der Waals surface area contributed by atoms with Crippen LogP contribution < -0.4 is 5.63 Å². The van der Waals surface area contributed by atoms with Crippen LogP contribution >= 0.6 is 0 Å². The summed E-state index contributed by atoms with van der Waals surface area (Å²) in [6.45, 7) is 3.37. The van der Waals surface area contributed by atoms with Gasteiger partial charge in [-0.1, -0.05) is 6.92 Å². The van der Waals surface area contributed by atoms with Crippen LogP contribution in [0.15, 0.2) is 19.7 Å². The lowest BCUT2D eigenvalue weighted by Gasteiger charge is -1.92. The molecule has 0 bridgehead atoms. The first-order valence-electron chi connectivity index (χ1n) is 4.84. The topological polar surface area (TPSA) is 80.7 Å². The zero-order valence-electron chi connectivity index (χ0n) is 8.86. The van der Waals surface area contributed by atoms with Crippen molar-refractivity contribution in [2.24, 2.45) is 0 Å². The zero-order valence-corrected chi connectivity index (χ0v) is 8.86. The van der Waals surface area contributed by atoms with Gasteiger partial charge in [-0.3, -0.25) is 0 Å². The number of carbonyl (C=O) groups is 1. The monoisotopic (exact) mass is 222 g/mol. The molecule has 0 radical (unpaired) electrons. The average molecular weight is 222 g/mol. The minimum atomic E-state index is -1.17. The van der Waals surface area contributed by atoms with Crippen molar-refractivity contribution in [1.82, 2.24) is 0 Å². The summed E-state index contributed by atoms with van der Waals surface area (Å²) in [6.07, 6.45) is 0.412. The Morgan fingerprint density at radius 2 is 2.12 bits per heavy atom. The molecule has 0 saturated carbocycles. The maximum absolute atomic E-state index is 11.6. The molecule has 84 valence electrons. The van der Waals surface area contributed by atoms with Crippen LogP contribution in [0, 0.1) is 6.92 Å². The molecular weight excluding hydrogens is 212 g/mol. The van der Waals surface area contributed by atoms with E-state index in [4.69, 9.17) is 13.9 Å². The van der Waals surface area contributed by atoms with Crippen LogP contribution in [-0.4, -0.2) is 11.1 Å². The molecule has 5 heteroatoms. The normalized spacial score (nSPS) is 10.9. The van der Waals surface area contributed by atoms with Gasteiger partial charge in [0.2, 0.25) is 0 Å². The summed E-state index contributed by atoms with van der Waals surface area (Å²) in [7, 11) is 0. The Morgan fingerprint density at radius 1 is 1.44 bits per heavy atom. The predicted molar refractivity (Wildman–Crippen MR) is 55.8 cm³/mol. The van der Waals surface area contributed by atoms with Crippen molar-refractivity contribution in [3.05, 3.63) is 33.6 Å². The van der Waals surface area contributed by atoms with Crippen molar-refractivity contribution in [1.29, 1.82) is 0 Å². The van der Waals surface area contributed by atoms with Crippen molar-refractivity contribution in [3.8, 4) is 0 Å². The predicted octanol–water partition coefficient (Wildman–Crippen LogP) is 1.96. The molecular formula is C11H10O5. The fraction of sp³-hybridized carbons (Fsp3) is 0.273. The van der Waals surface area contributed by atoms with Gasteiger partial charge in [-0.15, -0.1) is 0 Å². The zero-order chi connectivity index (χ0) is 11.9. The van der Waals surface area contributed by atoms with E-state index in [1.807, 2.05) is 0 Å². The van der Waals surface area contributed by atoms with Gasteiger partial charge in [0, 0.05) is 12.5 Å². The molecule has 0 spiro atoms. The molecule has 5 nitrogen and oxygen atoms in total. The number of aryl methyl sites for hydroxylation is 2. The van der Waals surface area contributed by atoms with Crippen LogP contribution in [0.3, 0.4) is 0 Å². The molecule has 0 aromatic carbocycles. The first-order chi connectivity index (χ1) is 7.54. The number of carboxylic acid groups (broad SMARTS) is 1. The van der Waals surface area contributed by atoms with E-state index in [1.165, 1.54) is 6.07 Å². The van der Waals surface area contributed by atoms with E-state index in [2.05, 4.69) is 0 Å². The van der Waals surface area contributed by atoms with E-state index >= 15 is 0 Å². The molecule has 0 atom stereocenters. The van der Waals surface area contributed by atoms with Gasteiger partial charge in [0.1, 0.15) is 28.1 Å². The Labute approximate surface area is 90.3 Å². The molecule has 2 aromatic heterocycles. The summed E-state index contributed by atoms with van der Waals surface area (Å²) in [5, 5.41) is 9.05. The van der Waals surface area contributed by atoms with E-state index < -0.39 is 11.6 Å². The number of fused-ring (bicyclic) bond motifs is 1. The second-order valence-corrected chi connectivity index (χ2v) is 3.44. The maximum atomic E-state index is 11.6. The van der Waals surface area contributed by atoms with E-state index in [1.54, 1.807) is 13.8 Å². The van der Waals surface area contributed by atoms with Gasteiger partial charge in [0.15, 0.2) is 0 Å². The van der Waals surface area contributed by atoms with Gasteiger partial charge in [0.25, 0.3) is 0 Å². The van der Waals surface area contributed by atoms with Gasteiger partial charge in [-0.05, 0) is 6.92 Å². The smallest absolute Gasteiger partial charge is 0.348 e. The highest BCUT2D eigenvalue weighted by Gasteiger charge is 2.22. The number of rotatable bonds is 2. The van der Waals surface area contributed by atoms with Gasteiger partial charge >= 0.3 is 11.6 Å². The molecule has 2 aromatic rings. The molecule has 2 heterocycles. The summed E-state index contributed by atoms with van der Waals surface area (Å²) in [6, 6.07) is 1.52. The standard InChI is InChI=1S/C11H10O5/c1-3-6-8(10(12)13)9-7(16-6)4-5(2)15-11(9)14/h4H,3H2,1-2H3,(H,12,13). The van der Waals surface area contributed by atoms with Crippen molar-refractivity contribution < 1.29 is 18.7 Å². The van der Waals surface area contributed by atoms with Gasteiger partial charge < -0.3 is 13.9 Å². The quantitative estimate of drug-likeness (QED) is 0.839. The first kappa shape index (κ1) is 10.5. The SMILES string of the molecule is CCc1oc2cc(C)oc(=O)c2c1C(=O)O. The van der Waals surface area contributed by atoms with E-state index in [-0.39, 0.29) is 16.5 Å². The number of hydrogen-bond acceptors (Lipinski definition) is 4. The third kappa shape index (κ3) is 1.41. The molecule has 16 heavy (non-hydrogen) atoms. The highest BCUT2D eigenvalue weighted by Crippen LogP contribution is 2.24. The molecule has 1 N–H and O–H groups in total. The number of furan rings is 1. The van der Waals surface area contributed by atoms with E-state index in [9.17, 15) is 9.59 Å². The minimum Gasteiger partial charge on any atom is -0.478 e. The summed E-state index contributed by atoms with van der Waals surface area (Å²) in [4.78, 5) is 22.6. The fourth-order valence-corrected chi connectivity index (χ4v) is 1.69. The fourth-order valence-electron chi connectivity index (χ4n) is 1.69. The van der Waals surface area contributed by atoms with Gasteiger partial charge in [0.05, 0.1) is 0 Å².